The molecule has 0 radical (unpaired) electrons. The highest BCUT2D eigenvalue weighted by Crippen LogP contribution is 2.42. The number of imidazole rings is 1. The van der Waals surface area contributed by atoms with Crippen molar-refractivity contribution in [3.8, 4) is 17.0 Å². The summed E-state index contributed by atoms with van der Waals surface area (Å²) >= 11 is 0. The fraction of sp³-hybridized carbons (Fsp3) is 0.200. The van der Waals surface area contributed by atoms with Crippen molar-refractivity contribution in [1.29, 1.82) is 0 Å². The summed E-state index contributed by atoms with van der Waals surface area (Å²) < 4.78 is 7.74. The van der Waals surface area contributed by atoms with Gasteiger partial charge in [-0.1, -0.05) is 30.3 Å². The Morgan fingerprint density at radius 3 is 2.58 bits per heavy atom. The molecule has 2 heterocycles. The molecule has 0 atom stereocenters. The molecular weight excluding hydrogens is 418 g/mol. The van der Waals surface area contributed by atoms with Gasteiger partial charge in [-0.15, -0.1) is 0 Å². The molecule has 1 amide bonds. The fourth-order valence-electron chi connectivity index (χ4n) is 3.80. The molecule has 0 aliphatic carbocycles. The number of fused-ring (bicyclic) bond motifs is 1. The number of pyridine rings is 1. The molecule has 4 rings (SSSR count). The predicted octanol–water partition coefficient (Wildman–Crippen LogP) is 3.63. The van der Waals surface area contributed by atoms with Gasteiger partial charge in [0.15, 0.2) is 6.61 Å². The second-order valence-corrected chi connectivity index (χ2v) is 7.71. The first-order valence-electron chi connectivity index (χ1n) is 10.7. The van der Waals surface area contributed by atoms with Crippen LogP contribution < -0.4 is 21.1 Å². The van der Waals surface area contributed by atoms with E-state index in [9.17, 15) is 9.90 Å². The van der Waals surface area contributed by atoms with Crippen molar-refractivity contribution in [3.63, 3.8) is 0 Å². The van der Waals surface area contributed by atoms with Crippen LogP contribution in [0.15, 0.2) is 60.8 Å². The molecule has 4 aromatic rings. The van der Waals surface area contributed by atoms with E-state index in [-0.39, 0.29) is 13.2 Å². The minimum absolute atomic E-state index is 0.0372. The van der Waals surface area contributed by atoms with Gasteiger partial charge in [0.1, 0.15) is 22.9 Å². The van der Waals surface area contributed by atoms with Crippen LogP contribution in [0.25, 0.3) is 16.9 Å². The number of anilines is 3. The third kappa shape index (κ3) is 4.61. The summed E-state index contributed by atoms with van der Waals surface area (Å²) in [7, 11) is 0. The molecule has 0 bridgehead atoms. The highest BCUT2D eigenvalue weighted by atomic mass is 16.5. The van der Waals surface area contributed by atoms with Crippen LogP contribution >= 0.6 is 0 Å². The number of aliphatic hydroxyl groups is 1. The van der Waals surface area contributed by atoms with E-state index in [1.54, 1.807) is 6.07 Å². The van der Waals surface area contributed by atoms with Crippen molar-refractivity contribution >= 4 is 28.7 Å². The van der Waals surface area contributed by atoms with Crippen LogP contribution in [0, 0.1) is 13.8 Å². The van der Waals surface area contributed by atoms with Gasteiger partial charge in [0.2, 0.25) is 0 Å². The number of para-hydroxylation sites is 1. The smallest absolute Gasteiger partial charge is 0.255 e. The Hall–Kier alpha value is -4.04. The van der Waals surface area contributed by atoms with Crippen molar-refractivity contribution in [2.75, 3.05) is 30.4 Å². The number of rotatable bonds is 9. The van der Waals surface area contributed by atoms with E-state index in [4.69, 9.17) is 15.5 Å². The van der Waals surface area contributed by atoms with Crippen LogP contribution in [0.2, 0.25) is 0 Å². The van der Waals surface area contributed by atoms with Gasteiger partial charge in [0.05, 0.1) is 12.2 Å². The first-order valence-corrected chi connectivity index (χ1v) is 10.7. The number of amides is 1. The molecule has 0 saturated heterocycles. The summed E-state index contributed by atoms with van der Waals surface area (Å²) in [6.07, 6.45) is 1.94. The SMILES string of the molecule is Cc1cccc(C)c1Nc1c(-c2c(NCCO)cccc2OCC(N)=O)nc2ccccn12. The summed E-state index contributed by atoms with van der Waals surface area (Å²) in [5.41, 5.74) is 11.3. The maximum atomic E-state index is 11.4. The first-order chi connectivity index (χ1) is 16.0. The molecule has 0 aliphatic rings. The molecule has 8 nitrogen and oxygen atoms in total. The number of hydrogen-bond donors (Lipinski definition) is 4. The Kier molecular flexibility index (Phi) is 6.46. The Morgan fingerprint density at radius 1 is 1.09 bits per heavy atom. The average Bonchev–Trinajstić information content (AvgIpc) is 3.16. The first kappa shape index (κ1) is 22.2. The van der Waals surface area contributed by atoms with E-state index < -0.39 is 5.91 Å². The lowest BCUT2D eigenvalue weighted by Crippen LogP contribution is -2.20. The maximum Gasteiger partial charge on any atom is 0.255 e. The number of aliphatic hydroxyl groups excluding tert-OH is 1. The van der Waals surface area contributed by atoms with Crippen LogP contribution in [0.3, 0.4) is 0 Å². The minimum atomic E-state index is -0.571. The zero-order valence-corrected chi connectivity index (χ0v) is 18.6. The molecule has 170 valence electrons. The number of carbonyl (C=O) groups is 1. The molecule has 0 fully saturated rings. The summed E-state index contributed by atoms with van der Waals surface area (Å²) in [6.45, 7) is 4.15. The number of hydrogen-bond acceptors (Lipinski definition) is 6. The number of nitrogens with one attached hydrogen (secondary N) is 2. The summed E-state index contributed by atoms with van der Waals surface area (Å²) in [4.78, 5) is 16.3. The van der Waals surface area contributed by atoms with E-state index in [2.05, 4.69) is 36.6 Å². The lowest BCUT2D eigenvalue weighted by Gasteiger charge is -2.18. The monoisotopic (exact) mass is 445 g/mol. The Balaban J connectivity index is 1.94. The molecule has 0 unspecified atom stereocenters. The van der Waals surface area contributed by atoms with Crippen LogP contribution in [0.1, 0.15) is 11.1 Å². The molecule has 33 heavy (non-hydrogen) atoms. The Morgan fingerprint density at radius 2 is 1.85 bits per heavy atom. The third-order valence-corrected chi connectivity index (χ3v) is 5.31. The lowest BCUT2D eigenvalue weighted by molar-refractivity contribution is -0.119. The number of nitrogens with zero attached hydrogens (tertiary/aromatic N) is 2. The number of primary amides is 1. The Labute approximate surface area is 192 Å². The van der Waals surface area contributed by atoms with E-state index in [1.165, 1.54) is 0 Å². The van der Waals surface area contributed by atoms with E-state index in [1.807, 2.05) is 47.0 Å². The quantitative estimate of drug-likeness (QED) is 0.313. The van der Waals surface area contributed by atoms with Crippen molar-refractivity contribution in [3.05, 3.63) is 71.9 Å². The van der Waals surface area contributed by atoms with Crippen LogP contribution in [-0.2, 0) is 4.79 Å². The van der Waals surface area contributed by atoms with E-state index in [0.717, 1.165) is 34.0 Å². The lowest BCUT2D eigenvalue weighted by atomic mass is 10.1. The van der Waals surface area contributed by atoms with Crippen molar-refractivity contribution in [2.24, 2.45) is 5.73 Å². The zero-order chi connectivity index (χ0) is 23.4. The van der Waals surface area contributed by atoms with Crippen LogP contribution in [-0.4, -0.2) is 40.2 Å². The van der Waals surface area contributed by atoms with Gasteiger partial charge in [-0.3, -0.25) is 9.20 Å². The number of carbonyl (C=O) groups excluding carboxylic acids is 1. The fourth-order valence-corrected chi connectivity index (χ4v) is 3.80. The highest BCUT2D eigenvalue weighted by Gasteiger charge is 2.22. The van der Waals surface area contributed by atoms with Crippen molar-refractivity contribution in [1.82, 2.24) is 9.38 Å². The Bertz CT molecular complexity index is 1280. The van der Waals surface area contributed by atoms with Crippen LogP contribution in [0.5, 0.6) is 5.75 Å². The van der Waals surface area contributed by atoms with Gasteiger partial charge < -0.3 is 26.2 Å². The van der Waals surface area contributed by atoms with Gasteiger partial charge in [0.25, 0.3) is 5.91 Å². The summed E-state index contributed by atoms with van der Waals surface area (Å²) in [5, 5.41) is 16.2. The minimum Gasteiger partial charge on any atom is -0.483 e. The molecular formula is C25H27N5O3. The van der Waals surface area contributed by atoms with Gasteiger partial charge in [0, 0.05) is 24.1 Å². The molecule has 0 aliphatic heterocycles. The van der Waals surface area contributed by atoms with Gasteiger partial charge >= 0.3 is 0 Å². The molecule has 2 aromatic carbocycles. The number of ether oxygens (including phenoxy) is 1. The van der Waals surface area contributed by atoms with Crippen molar-refractivity contribution in [2.45, 2.75) is 13.8 Å². The molecule has 5 N–H and O–H groups in total. The number of aromatic nitrogens is 2. The maximum absolute atomic E-state index is 11.4. The number of benzene rings is 2. The normalized spacial score (nSPS) is 10.9. The predicted molar refractivity (Wildman–Crippen MR) is 130 cm³/mol. The van der Waals surface area contributed by atoms with E-state index >= 15 is 0 Å². The van der Waals surface area contributed by atoms with Gasteiger partial charge in [-0.2, -0.15) is 0 Å². The molecule has 8 heteroatoms. The third-order valence-electron chi connectivity index (χ3n) is 5.31. The molecule has 0 saturated carbocycles. The highest BCUT2D eigenvalue weighted by molar-refractivity contribution is 5.91. The topological polar surface area (TPSA) is 114 Å². The summed E-state index contributed by atoms with van der Waals surface area (Å²) in [5.74, 6) is 0.647. The average molecular weight is 446 g/mol. The van der Waals surface area contributed by atoms with Crippen LogP contribution in [0.4, 0.5) is 17.2 Å². The van der Waals surface area contributed by atoms with Gasteiger partial charge in [-0.25, -0.2) is 4.98 Å². The standard InChI is InChI=1S/C25H27N5O3/c1-16-7-5-8-17(2)23(16)29-25-24(28-21-11-3-4-13-30(21)25)22-18(27-12-14-31)9-6-10-19(22)33-15-20(26)32/h3-11,13,27,29,31H,12,14-15H2,1-2H3,(H2,26,32). The second-order valence-electron chi connectivity index (χ2n) is 7.71. The number of nitrogens with two attached hydrogens (primary N) is 1. The van der Waals surface area contributed by atoms with Gasteiger partial charge in [-0.05, 0) is 49.2 Å². The molecule has 2 aromatic heterocycles. The number of aryl methyl sites for hydroxylation is 2. The zero-order valence-electron chi connectivity index (χ0n) is 18.6. The summed E-state index contributed by atoms with van der Waals surface area (Å²) in [6, 6.07) is 17.4. The molecule has 0 spiro atoms. The largest absolute Gasteiger partial charge is 0.483 e. The second kappa shape index (κ2) is 9.62. The van der Waals surface area contributed by atoms with Crippen molar-refractivity contribution < 1.29 is 14.6 Å². The van der Waals surface area contributed by atoms with E-state index in [0.29, 0.717) is 23.6 Å².